The van der Waals surface area contributed by atoms with Crippen molar-refractivity contribution in [1.82, 2.24) is 0 Å². The van der Waals surface area contributed by atoms with E-state index in [1.54, 1.807) is 6.08 Å². The third-order valence-corrected chi connectivity index (χ3v) is 11.5. The minimum absolute atomic E-state index is 0.107. The minimum atomic E-state index is -1.97. The third-order valence-electron chi connectivity index (χ3n) is 7.01. The lowest BCUT2D eigenvalue weighted by molar-refractivity contribution is -0.168. The molecule has 1 fully saturated rings. The van der Waals surface area contributed by atoms with E-state index < -0.39 is 19.1 Å². The molecule has 0 unspecified atom stereocenters. The molecule has 0 bridgehead atoms. The fraction of sp³-hybridized carbons (Fsp3) is 0.826. The summed E-state index contributed by atoms with van der Waals surface area (Å²) in [4.78, 5) is 24.9. The Morgan fingerprint density at radius 3 is 2.32 bits per heavy atom. The summed E-state index contributed by atoms with van der Waals surface area (Å²) in [5.41, 5.74) is -0.946. The molecule has 160 valence electrons. The van der Waals surface area contributed by atoms with Crippen molar-refractivity contribution in [3.8, 4) is 0 Å². The highest BCUT2D eigenvalue weighted by Gasteiger charge is 2.51. The summed E-state index contributed by atoms with van der Waals surface area (Å²) in [6.45, 7) is 17.4. The zero-order valence-electron chi connectivity index (χ0n) is 19.2. The van der Waals surface area contributed by atoms with Crippen molar-refractivity contribution >= 4 is 20.1 Å². The van der Waals surface area contributed by atoms with Crippen LogP contribution in [0.2, 0.25) is 18.1 Å². The number of carbonyl (C=O) groups excluding carboxylic acids is 2. The van der Waals surface area contributed by atoms with Crippen LogP contribution in [0.15, 0.2) is 12.2 Å². The second-order valence-corrected chi connectivity index (χ2v) is 16.1. The van der Waals surface area contributed by atoms with E-state index in [-0.39, 0.29) is 28.8 Å². The van der Waals surface area contributed by atoms with E-state index in [1.807, 2.05) is 26.8 Å². The van der Waals surface area contributed by atoms with E-state index in [9.17, 15) is 9.59 Å². The van der Waals surface area contributed by atoms with Crippen LogP contribution in [-0.2, 0) is 18.8 Å². The topological polar surface area (TPSA) is 52.6 Å². The van der Waals surface area contributed by atoms with Crippen molar-refractivity contribution in [3.63, 3.8) is 0 Å². The van der Waals surface area contributed by atoms with Crippen molar-refractivity contribution in [2.24, 2.45) is 16.7 Å². The average molecular weight is 409 g/mol. The fourth-order valence-corrected chi connectivity index (χ4v) is 4.91. The van der Waals surface area contributed by atoms with Crippen LogP contribution < -0.4 is 0 Å². The lowest BCUT2D eigenvalue weighted by Gasteiger charge is -2.47. The lowest BCUT2D eigenvalue weighted by atomic mass is 9.66. The van der Waals surface area contributed by atoms with Crippen LogP contribution >= 0.6 is 0 Å². The van der Waals surface area contributed by atoms with Crippen LogP contribution in [0.4, 0.5) is 0 Å². The molecule has 2 rings (SSSR count). The summed E-state index contributed by atoms with van der Waals surface area (Å²) < 4.78 is 12.8. The van der Waals surface area contributed by atoms with Crippen LogP contribution in [0.5, 0.6) is 0 Å². The van der Waals surface area contributed by atoms with Crippen LogP contribution in [0.25, 0.3) is 0 Å². The Labute approximate surface area is 172 Å². The average Bonchev–Trinajstić information content (AvgIpc) is 2.71. The first-order valence-corrected chi connectivity index (χ1v) is 13.7. The zero-order chi connectivity index (χ0) is 21.4. The molecule has 5 heteroatoms. The van der Waals surface area contributed by atoms with Crippen LogP contribution in [0.1, 0.15) is 73.6 Å². The van der Waals surface area contributed by atoms with Crippen molar-refractivity contribution < 1.29 is 18.8 Å². The fourth-order valence-electron chi connectivity index (χ4n) is 3.87. The molecule has 0 aliphatic heterocycles. The predicted octanol–water partition coefficient (Wildman–Crippen LogP) is 5.67. The first-order chi connectivity index (χ1) is 12.7. The van der Waals surface area contributed by atoms with E-state index in [2.05, 4.69) is 33.9 Å². The largest absolute Gasteiger partial charge is 0.461 e. The third kappa shape index (κ3) is 4.96. The van der Waals surface area contributed by atoms with Gasteiger partial charge >= 0.3 is 5.97 Å². The molecule has 3 atom stereocenters. The molecule has 4 nitrogen and oxygen atoms in total. The van der Waals surface area contributed by atoms with E-state index in [1.165, 1.54) is 0 Å². The van der Waals surface area contributed by atoms with Gasteiger partial charge in [-0.15, -0.1) is 0 Å². The number of hydrogen-bond donors (Lipinski definition) is 0. The second kappa shape index (κ2) is 8.06. The van der Waals surface area contributed by atoms with E-state index in [4.69, 9.17) is 9.16 Å². The summed E-state index contributed by atoms with van der Waals surface area (Å²) >= 11 is 0. The molecule has 0 amide bonds. The standard InChI is InChI=1S/C23H40O4Si/c1-21(2,3)20(25)27-19-12-10-9-11-17-15-18(24)13-14-23(17,19)16-26-28(7,8)22(4,5)6/h13-14,17,19H,9-12,15-16H2,1-8H3/t17-,19-,23-/m0/s1. The molecule has 0 saturated heterocycles. The molecule has 0 aromatic heterocycles. The van der Waals surface area contributed by atoms with Gasteiger partial charge in [-0.25, -0.2) is 0 Å². The number of ether oxygens (including phenoxy) is 1. The molecule has 0 aromatic rings. The van der Waals surface area contributed by atoms with Crippen LogP contribution in [0.3, 0.4) is 0 Å². The minimum Gasteiger partial charge on any atom is -0.461 e. The number of allylic oxidation sites excluding steroid dienone is 1. The van der Waals surface area contributed by atoms with Gasteiger partial charge in [-0.2, -0.15) is 0 Å². The Balaban J connectivity index is 2.39. The van der Waals surface area contributed by atoms with E-state index in [0.717, 1.165) is 25.7 Å². The Hall–Kier alpha value is -0.943. The van der Waals surface area contributed by atoms with Crippen molar-refractivity contribution in [1.29, 1.82) is 0 Å². The summed E-state index contributed by atoms with van der Waals surface area (Å²) in [7, 11) is -1.97. The smallest absolute Gasteiger partial charge is 0.311 e. The zero-order valence-corrected chi connectivity index (χ0v) is 20.2. The molecular formula is C23H40O4Si. The maximum atomic E-state index is 12.7. The monoisotopic (exact) mass is 408 g/mol. The summed E-state index contributed by atoms with van der Waals surface area (Å²) in [5.74, 6) is 0.181. The second-order valence-electron chi connectivity index (χ2n) is 11.3. The van der Waals surface area contributed by atoms with E-state index in [0.29, 0.717) is 13.0 Å². The van der Waals surface area contributed by atoms with Gasteiger partial charge in [0.25, 0.3) is 0 Å². The number of ketones is 1. The maximum Gasteiger partial charge on any atom is 0.311 e. The number of fused-ring (bicyclic) bond motifs is 1. The van der Waals surface area contributed by atoms with Gasteiger partial charge in [0.2, 0.25) is 0 Å². The molecule has 0 spiro atoms. The van der Waals surface area contributed by atoms with Crippen LogP contribution in [0, 0.1) is 16.7 Å². The maximum absolute atomic E-state index is 12.7. The SMILES string of the molecule is CC(C)(C)C(=O)O[C@H]1CCCC[C@H]2CC(=O)C=C[C@]21CO[Si](C)(C)C(C)(C)C. The normalized spacial score (nSPS) is 29.2. The Morgan fingerprint density at radius 2 is 1.75 bits per heavy atom. The molecular weight excluding hydrogens is 368 g/mol. The molecule has 2 aliphatic carbocycles. The molecule has 28 heavy (non-hydrogen) atoms. The van der Waals surface area contributed by atoms with Crippen molar-refractivity contribution in [2.45, 2.75) is 97.9 Å². The number of carbonyl (C=O) groups is 2. The van der Waals surface area contributed by atoms with Gasteiger partial charge < -0.3 is 9.16 Å². The van der Waals surface area contributed by atoms with Gasteiger partial charge in [0.15, 0.2) is 14.1 Å². The van der Waals surface area contributed by atoms with Gasteiger partial charge in [-0.05, 0) is 70.2 Å². The predicted molar refractivity (Wildman–Crippen MR) is 116 cm³/mol. The van der Waals surface area contributed by atoms with Gasteiger partial charge in [-0.3, -0.25) is 9.59 Å². The molecule has 0 aromatic carbocycles. The van der Waals surface area contributed by atoms with Gasteiger partial charge in [0, 0.05) is 13.0 Å². The Kier molecular flexibility index (Phi) is 6.72. The quantitative estimate of drug-likeness (QED) is 0.444. The Bertz CT molecular complexity index is 623. The molecule has 2 aliphatic rings. The van der Waals surface area contributed by atoms with Gasteiger partial charge in [0.05, 0.1) is 10.8 Å². The highest BCUT2D eigenvalue weighted by molar-refractivity contribution is 6.74. The summed E-state index contributed by atoms with van der Waals surface area (Å²) in [6, 6.07) is 0. The summed E-state index contributed by atoms with van der Waals surface area (Å²) in [6.07, 6.45) is 7.93. The number of esters is 1. The van der Waals surface area contributed by atoms with E-state index >= 15 is 0 Å². The molecule has 1 saturated carbocycles. The lowest BCUT2D eigenvalue weighted by Crippen LogP contribution is -2.52. The molecule has 0 N–H and O–H groups in total. The molecule has 0 heterocycles. The number of hydrogen-bond acceptors (Lipinski definition) is 4. The van der Waals surface area contributed by atoms with Crippen molar-refractivity contribution in [2.75, 3.05) is 6.61 Å². The first kappa shape index (κ1) is 23.3. The van der Waals surface area contributed by atoms with Gasteiger partial charge in [0.1, 0.15) is 6.10 Å². The highest BCUT2D eigenvalue weighted by Crippen LogP contribution is 2.49. The number of rotatable bonds is 4. The first-order valence-electron chi connectivity index (χ1n) is 10.8. The summed E-state index contributed by atoms with van der Waals surface area (Å²) in [5, 5.41) is 0.107. The molecule has 0 radical (unpaired) electrons. The van der Waals surface area contributed by atoms with Gasteiger partial charge in [-0.1, -0.05) is 33.3 Å². The van der Waals surface area contributed by atoms with Crippen molar-refractivity contribution in [3.05, 3.63) is 12.2 Å². The highest BCUT2D eigenvalue weighted by atomic mass is 28.4. The van der Waals surface area contributed by atoms with Crippen LogP contribution in [-0.4, -0.2) is 32.8 Å². The Morgan fingerprint density at radius 1 is 1.14 bits per heavy atom.